The van der Waals surface area contributed by atoms with Gasteiger partial charge in [-0.05, 0) is 42.3 Å². The van der Waals surface area contributed by atoms with Crippen LogP contribution in [0.4, 0.5) is 5.95 Å². The lowest BCUT2D eigenvalue weighted by molar-refractivity contribution is -0.115. The van der Waals surface area contributed by atoms with Crippen molar-refractivity contribution < 1.29 is 4.79 Å². The third kappa shape index (κ3) is 2.26. The summed E-state index contributed by atoms with van der Waals surface area (Å²) in [6.07, 6.45) is 0. The minimum atomic E-state index is -0.448. The summed E-state index contributed by atoms with van der Waals surface area (Å²) < 4.78 is 1.76. The van der Waals surface area contributed by atoms with E-state index in [0.29, 0.717) is 17.3 Å². The molecular weight excluding hydrogens is 342 g/mol. The monoisotopic (exact) mass is 357 g/mol. The molecule has 1 aliphatic heterocycles. The molecule has 0 spiro atoms. The predicted octanol–water partition coefficient (Wildman–Crippen LogP) is 3.15. The molecule has 0 aromatic carbocycles. The number of aromatic nitrogens is 3. The van der Waals surface area contributed by atoms with E-state index >= 15 is 0 Å². The number of nitrogens with two attached hydrogens (primary N) is 1. The van der Waals surface area contributed by atoms with Crippen LogP contribution < -0.4 is 11.1 Å². The van der Waals surface area contributed by atoms with Crippen LogP contribution in [-0.4, -0.2) is 20.7 Å². The Labute approximate surface area is 146 Å². The Morgan fingerprint density at radius 2 is 2.12 bits per heavy atom. The maximum absolute atomic E-state index is 12.1. The summed E-state index contributed by atoms with van der Waals surface area (Å²) >= 11 is 3.17. The second-order valence-corrected chi connectivity index (χ2v) is 7.47. The number of amides is 1. The average Bonchev–Trinajstić information content (AvgIpc) is 3.24. The zero-order chi connectivity index (χ0) is 16.8. The third-order valence-corrected chi connectivity index (χ3v) is 5.95. The van der Waals surface area contributed by atoms with Crippen molar-refractivity contribution in [1.82, 2.24) is 14.8 Å². The van der Waals surface area contributed by atoms with Gasteiger partial charge in [0.15, 0.2) is 5.82 Å². The molecule has 0 bridgehead atoms. The number of thiophene rings is 2. The zero-order valence-corrected chi connectivity index (χ0v) is 14.7. The van der Waals surface area contributed by atoms with E-state index in [1.165, 1.54) is 0 Å². The van der Waals surface area contributed by atoms with Gasteiger partial charge >= 0.3 is 0 Å². The first kappa shape index (κ1) is 15.1. The van der Waals surface area contributed by atoms with Gasteiger partial charge < -0.3 is 11.1 Å². The van der Waals surface area contributed by atoms with Gasteiger partial charge in [-0.15, -0.1) is 27.8 Å². The SMILES string of the molecule is CC1=C(C(N)=O)C(c2sccc2C)n2nc(-c3cccs3)nc2N1. The van der Waals surface area contributed by atoms with Crippen LogP contribution >= 0.6 is 22.7 Å². The second-order valence-electron chi connectivity index (χ2n) is 5.58. The fourth-order valence-corrected chi connectivity index (χ4v) is 4.56. The van der Waals surface area contributed by atoms with E-state index in [2.05, 4.69) is 15.4 Å². The van der Waals surface area contributed by atoms with E-state index in [0.717, 1.165) is 21.0 Å². The molecule has 0 saturated carbocycles. The van der Waals surface area contributed by atoms with Gasteiger partial charge in [-0.1, -0.05) is 6.07 Å². The Kier molecular flexibility index (Phi) is 3.50. The molecule has 6 nitrogen and oxygen atoms in total. The molecule has 1 aliphatic rings. The van der Waals surface area contributed by atoms with Crippen molar-refractivity contribution in [3.8, 4) is 10.7 Å². The minimum absolute atomic E-state index is 0.347. The first-order chi connectivity index (χ1) is 11.6. The fourth-order valence-electron chi connectivity index (χ4n) is 2.89. The molecule has 3 N–H and O–H groups in total. The highest BCUT2D eigenvalue weighted by molar-refractivity contribution is 7.13. The number of carbonyl (C=O) groups is 1. The van der Waals surface area contributed by atoms with Gasteiger partial charge in [0.2, 0.25) is 11.9 Å². The number of rotatable bonds is 3. The summed E-state index contributed by atoms with van der Waals surface area (Å²) in [6.45, 7) is 3.87. The molecule has 0 radical (unpaired) electrons. The molecular formula is C16H15N5OS2. The molecule has 8 heteroatoms. The average molecular weight is 357 g/mol. The standard InChI is InChI=1S/C16H15N5OS2/c1-8-5-7-24-13(8)12-11(14(17)22)9(2)18-16-19-15(20-21(12)16)10-4-3-6-23-10/h3-7,12H,1-2H3,(H2,17,22)(H,18,19,20). The van der Waals surface area contributed by atoms with Crippen LogP contribution in [0.25, 0.3) is 10.7 Å². The van der Waals surface area contributed by atoms with Crippen LogP contribution in [-0.2, 0) is 4.79 Å². The Balaban J connectivity index is 1.92. The summed E-state index contributed by atoms with van der Waals surface area (Å²) in [5, 5.41) is 11.8. The predicted molar refractivity (Wildman–Crippen MR) is 96.0 cm³/mol. The van der Waals surface area contributed by atoms with E-state index in [-0.39, 0.29) is 6.04 Å². The Hall–Kier alpha value is -2.45. The zero-order valence-electron chi connectivity index (χ0n) is 13.1. The van der Waals surface area contributed by atoms with Crippen LogP contribution in [0.5, 0.6) is 0 Å². The van der Waals surface area contributed by atoms with Gasteiger partial charge in [0.1, 0.15) is 6.04 Å². The van der Waals surface area contributed by atoms with Crippen molar-refractivity contribution in [2.24, 2.45) is 5.73 Å². The first-order valence-electron chi connectivity index (χ1n) is 7.38. The number of hydrogen-bond donors (Lipinski definition) is 2. The molecule has 4 rings (SSSR count). The van der Waals surface area contributed by atoms with Gasteiger partial charge in [0.25, 0.3) is 0 Å². The third-order valence-electron chi connectivity index (χ3n) is 4.01. The Bertz CT molecular complexity index is 951. The van der Waals surface area contributed by atoms with Gasteiger partial charge in [-0.2, -0.15) is 4.98 Å². The van der Waals surface area contributed by atoms with Crippen molar-refractivity contribution in [3.63, 3.8) is 0 Å². The molecule has 0 fully saturated rings. The quantitative estimate of drug-likeness (QED) is 0.754. The van der Waals surface area contributed by atoms with Crippen LogP contribution in [0.2, 0.25) is 0 Å². The molecule has 0 aliphatic carbocycles. The second kappa shape index (κ2) is 5.57. The van der Waals surface area contributed by atoms with Gasteiger partial charge in [-0.3, -0.25) is 4.79 Å². The maximum atomic E-state index is 12.1. The largest absolute Gasteiger partial charge is 0.366 e. The number of primary amides is 1. The molecule has 3 aromatic rings. The summed E-state index contributed by atoms with van der Waals surface area (Å²) in [6, 6.07) is 5.63. The Morgan fingerprint density at radius 1 is 1.29 bits per heavy atom. The van der Waals surface area contributed by atoms with Crippen LogP contribution in [0, 0.1) is 6.92 Å². The molecule has 1 amide bonds. The molecule has 4 heterocycles. The number of allylic oxidation sites excluding steroid dienone is 1. The van der Waals surface area contributed by atoms with Gasteiger partial charge in [-0.25, -0.2) is 4.68 Å². The number of hydrogen-bond acceptors (Lipinski definition) is 6. The summed E-state index contributed by atoms with van der Waals surface area (Å²) in [5.41, 5.74) is 8.02. The van der Waals surface area contributed by atoms with Crippen molar-refractivity contribution in [2.75, 3.05) is 5.32 Å². The lowest BCUT2D eigenvalue weighted by Crippen LogP contribution is -2.31. The Morgan fingerprint density at radius 3 is 2.75 bits per heavy atom. The van der Waals surface area contributed by atoms with Crippen molar-refractivity contribution >= 4 is 34.5 Å². The van der Waals surface area contributed by atoms with E-state index in [9.17, 15) is 4.79 Å². The van der Waals surface area contributed by atoms with E-state index in [4.69, 9.17) is 5.73 Å². The van der Waals surface area contributed by atoms with Crippen molar-refractivity contribution in [3.05, 3.63) is 50.7 Å². The highest BCUT2D eigenvalue weighted by Crippen LogP contribution is 2.39. The fraction of sp³-hybridized carbons (Fsp3) is 0.188. The lowest BCUT2D eigenvalue weighted by Gasteiger charge is -2.27. The number of anilines is 1. The van der Waals surface area contributed by atoms with Gasteiger partial charge in [0.05, 0.1) is 10.5 Å². The van der Waals surface area contributed by atoms with Crippen molar-refractivity contribution in [1.29, 1.82) is 0 Å². The van der Waals surface area contributed by atoms with Crippen LogP contribution in [0.1, 0.15) is 23.4 Å². The van der Waals surface area contributed by atoms with Gasteiger partial charge in [0, 0.05) is 10.6 Å². The molecule has 122 valence electrons. The molecule has 1 atom stereocenters. The molecule has 0 saturated heterocycles. The number of nitrogens with one attached hydrogen (secondary N) is 1. The highest BCUT2D eigenvalue weighted by atomic mass is 32.1. The van der Waals surface area contributed by atoms with Crippen LogP contribution in [0.3, 0.4) is 0 Å². The van der Waals surface area contributed by atoms with Crippen molar-refractivity contribution in [2.45, 2.75) is 19.9 Å². The summed E-state index contributed by atoms with van der Waals surface area (Å²) in [7, 11) is 0. The van der Waals surface area contributed by atoms with E-state index < -0.39 is 5.91 Å². The summed E-state index contributed by atoms with van der Waals surface area (Å²) in [4.78, 5) is 18.7. The van der Waals surface area contributed by atoms with E-state index in [1.54, 1.807) is 27.4 Å². The smallest absolute Gasteiger partial charge is 0.248 e. The lowest BCUT2D eigenvalue weighted by atomic mass is 9.99. The topological polar surface area (TPSA) is 85.8 Å². The number of aryl methyl sites for hydroxylation is 1. The minimum Gasteiger partial charge on any atom is -0.366 e. The molecule has 1 unspecified atom stereocenters. The first-order valence-corrected chi connectivity index (χ1v) is 9.14. The normalized spacial score (nSPS) is 16.8. The number of carbonyl (C=O) groups excluding carboxylic acids is 1. The number of fused-ring (bicyclic) bond motifs is 1. The van der Waals surface area contributed by atoms with E-state index in [1.807, 2.05) is 42.8 Å². The van der Waals surface area contributed by atoms with Crippen LogP contribution in [0.15, 0.2) is 40.2 Å². The highest BCUT2D eigenvalue weighted by Gasteiger charge is 2.34. The number of nitrogens with zero attached hydrogens (tertiary/aromatic N) is 3. The summed E-state index contributed by atoms with van der Waals surface area (Å²) in [5.74, 6) is 0.820. The molecule has 3 aromatic heterocycles. The molecule has 24 heavy (non-hydrogen) atoms. The maximum Gasteiger partial charge on any atom is 0.248 e.